The number of hydrogen-bond acceptors (Lipinski definition) is 2. The van der Waals surface area contributed by atoms with Gasteiger partial charge in [-0.15, -0.1) is 0 Å². The third-order valence-corrected chi connectivity index (χ3v) is 0.700. The Bertz CT molecular complexity index is 78.1. The van der Waals surface area contributed by atoms with Gasteiger partial charge in [0.25, 0.3) is 0 Å². The van der Waals surface area contributed by atoms with Gasteiger partial charge in [-0.2, -0.15) is 6.42 Å². The summed E-state index contributed by atoms with van der Waals surface area (Å²) in [6.07, 6.45) is 1.69. The van der Waals surface area contributed by atoms with Crippen molar-refractivity contribution < 1.29 is 46.0 Å². The fourth-order valence-corrected chi connectivity index (χ4v) is 0.318. The Labute approximate surface area is 85.2 Å². The molecule has 58 valence electrons. The number of hydrogen-bond donors (Lipinski definition) is 0. The van der Waals surface area contributed by atoms with Gasteiger partial charge in [0, 0.05) is 26.4 Å². The Morgan fingerprint density at radius 2 is 2.10 bits per heavy atom. The first kappa shape index (κ1) is 16.9. The van der Waals surface area contributed by atoms with E-state index in [2.05, 4.69) is 11.7 Å². The molecule has 0 aliphatic heterocycles. The SMILES string of the molecule is [Br-].[CH2-]CCCOC(C)=O.[Zn]. The van der Waals surface area contributed by atoms with Crippen LogP contribution in [-0.4, -0.2) is 12.6 Å². The maximum Gasteiger partial charge on any atom is 0.302 e. The molecule has 10 heavy (non-hydrogen) atoms. The molecular weight excluding hydrogens is 249 g/mol. The fourth-order valence-electron chi connectivity index (χ4n) is 0.318. The Kier molecular flexibility index (Phi) is 20.7. The van der Waals surface area contributed by atoms with E-state index < -0.39 is 0 Å². The Hall–Kier alpha value is 0.573. The normalized spacial score (nSPS) is 7.00. The smallest absolute Gasteiger partial charge is 0.302 e. The zero-order chi connectivity index (χ0) is 6.41. The minimum absolute atomic E-state index is 0. The van der Waals surface area contributed by atoms with Gasteiger partial charge in [0.2, 0.25) is 0 Å². The van der Waals surface area contributed by atoms with Crippen molar-refractivity contribution in [1.29, 1.82) is 0 Å². The van der Waals surface area contributed by atoms with Crippen LogP contribution in [0.4, 0.5) is 0 Å². The van der Waals surface area contributed by atoms with E-state index in [0.717, 1.165) is 12.8 Å². The number of esters is 1. The van der Waals surface area contributed by atoms with Crippen molar-refractivity contribution in [2.24, 2.45) is 0 Å². The van der Waals surface area contributed by atoms with Gasteiger partial charge < -0.3 is 28.6 Å². The summed E-state index contributed by atoms with van der Waals surface area (Å²) in [6.45, 7) is 5.51. The number of unbranched alkanes of at least 4 members (excludes halogenated alkanes) is 1. The minimum atomic E-state index is -0.210. The summed E-state index contributed by atoms with van der Waals surface area (Å²) in [6, 6.07) is 0. The van der Waals surface area contributed by atoms with Gasteiger partial charge in [-0.3, -0.25) is 4.79 Å². The third kappa shape index (κ3) is 15.8. The molecule has 0 aromatic carbocycles. The second kappa shape index (κ2) is 12.3. The van der Waals surface area contributed by atoms with Crippen LogP contribution in [0.2, 0.25) is 0 Å². The number of carbonyl (C=O) groups is 1. The maximum absolute atomic E-state index is 10.1. The van der Waals surface area contributed by atoms with Crippen LogP contribution in [0.25, 0.3) is 0 Å². The van der Waals surface area contributed by atoms with Crippen molar-refractivity contribution in [3.8, 4) is 0 Å². The van der Waals surface area contributed by atoms with Crippen LogP contribution in [0.1, 0.15) is 19.8 Å². The zero-order valence-corrected chi connectivity index (χ0v) is 10.8. The molecule has 0 aromatic rings. The topological polar surface area (TPSA) is 26.3 Å². The number of halogens is 1. The van der Waals surface area contributed by atoms with Crippen molar-refractivity contribution in [3.05, 3.63) is 6.92 Å². The first-order valence-electron chi connectivity index (χ1n) is 2.70. The number of carbonyl (C=O) groups excluding carboxylic acids is 1. The molecule has 0 N–H and O–H groups in total. The van der Waals surface area contributed by atoms with Crippen LogP contribution < -0.4 is 17.0 Å². The van der Waals surface area contributed by atoms with Crippen LogP contribution in [-0.2, 0) is 29.0 Å². The number of rotatable bonds is 3. The molecular formula is C6H11BrO2Zn-2. The minimum Gasteiger partial charge on any atom is -1.00 e. The predicted molar refractivity (Wildman–Crippen MR) is 31.2 cm³/mol. The predicted octanol–water partition coefficient (Wildman–Crippen LogP) is -1.83. The van der Waals surface area contributed by atoms with Gasteiger partial charge in [0.15, 0.2) is 0 Å². The van der Waals surface area contributed by atoms with E-state index in [1.807, 2.05) is 0 Å². The third-order valence-electron chi connectivity index (χ3n) is 0.700. The second-order valence-electron chi connectivity index (χ2n) is 1.55. The van der Waals surface area contributed by atoms with Crippen LogP contribution in [0.15, 0.2) is 0 Å². The quantitative estimate of drug-likeness (QED) is 0.258. The molecule has 0 saturated heterocycles. The summed E-state index contributed by atoms with van der Waals surface area (Å²) >= 11 is 0. The molecule has 0 aromatic heterocycles. The second-order valence-corrected chi connectivity index (χ2v) is 1.55. The molecule has 0 spiro atoms. The summed E-state index contributed by atoms with van der Waals surface area (Å²) in [5.41, 5.74) is 0. The molecule has 0 heterocycles. The van der Waals surface area contributed by atoms with E-state index in [4.69, 9.17) is 0 Å². The molecule has 0 radical (unpaired) electrons. The Balaban J connectivity index is -0.000000245. The van der Waals surface area contributed by atoms with Crippen molar-refractivity contribution in [3.63, 3.8) is 0 Å². The Morgan fingerprint density at radius 1 is 1.60 bits per heavy atom. The van der Waals surface area contributed by atoms with E-state index >= 15 is 0 Å². The molecule has 0 atom stereocenters. The van der Waals surface area contributed by atoms with Gasteiger partial charge >= 0.3 is 5.97 Å². The average Bonchev–Trinajstić information content (AvgIpc) is 1.66. The summed E-state index contributed by atoms with van der Waals surface area (Å²) < 4.78 is 4.60. The summed E-state index contributed by atoms with van der Waals surface area (Å²) in [5.74, 6) is -0.210. The van der Waals surface area contributed by atoms with E-state index in [0.29, 0.717) is 6.61 Å². The molecule has 0 rings (SSSR count). The van der Waals surface area contributed by atoms with Gasteiger partial charge in [-0.05, 0) is 6.42 Å². The molecule has 2 nitrogen and oxygen atoms in total. The Morgan fingerprint density at radius 3 is 2.40 bits per heavy atom. The molecule has 0 aliphatic carbocycles. The van der Waals surface area contributed by atoms with Crippen LogP contribution in [0.5, 0.6) is 0 Å². The molecule has 0 aliphatic rings. The zero-order valence-electron chi connectivity index (χ0n) is 6.23. The largest absolute Gasteiger partial charge is 1.00 e. The van der Waals surface area contributed by atoms with E-state index in [1.165, 1.54) is 6.92 Å². The molecule has 4 heteroatoms. The first-order valence-corrected chi connectivity index (χ1v) is 2.70. The van der Waals surface area contributed by atoms with Gasteiger partial charge in [0.05, 0.1) is 6.61 Å². The average molecular weight is 260 g/mol. The molecule has 0 amide bonds. The van der Waals surface area contributed by atoms with Gasteiger partial charge in [-0.25, -0.2) is 0 Å². The molecule has 0 unspecified atom stereocenters. The number of ether oxygens (including phenoxy) is 1. The molecule has 0 saturated carbocycles. The van der Waals surface area contributed by atoms with E-state index in [-0.39, 0.29) is 42.4 Å². The molecule has 0 fully saturated rings. The van der Waals surface area contributed by atoms with Crippen LogP contribution in [0.3, 0.4) is 0 Å². The van der Waals surface area contributed by atoms with Crippen LogP contribution >= 0.6 is 0 Å². The monoisotopic (exact) mass is 258 g/mol. The summed E-state index contributed by atoms with van der Waals surface area (Å²) in [4.78, 5) is 10.1. The summed E-state index contributed by atoms with van der Waals surface area (Å²) in [7, 11) is 0. The standard InChI is InChI=1S/C6H11O2.BrH.Zn/c1-3-4-5-8-6(2)7;;/h1,3-5H2,2H3;1H;/q-1;;/p-1. The van der Waals surface area contributed by atoms with E-state index in [1.54, 1.807) is 0 Å². The van der Waals surface area contributed by atoms with Crippen LogP contribution in [0, 0.1) is 6.92 Å². The van der Waals surface area contributed by atoms with Crippen molar-refractivity contribution in [2.45, 2.75) is 19.8 Å². The maximum atomic E-state index is 10.1. The van der Waals surface area contributed by atoms with Crippen molar-refractivity contribution >= 4 is 5.97 Å². The first-order chi connectivity index (χ1) is 3.77. The summed E-state index contributed by atoms with van der Waals surface area (Å²) in [5, 5.41) is 0. The molecule has 0 bridgehead atoms. The van der Waals surface area contributed by atoms with Gasteiger partial charge in [0.1, 0.15) is 0 Å². The van der Waals surface area contributed by atoms with Crippen molar-refractivity contribution in [1.82, 2.24) is 0 Å². The fraction of sp³-hybridized carbons (Fsp3) is 0.667. The van der Waals surface area contributed by atoms with Crippen molar-refractivity contribution in [2.75, 3.05) is 6.61 Å². The van der Waals surface area contributed by atoms with Gasteiger partial charge in [-0.1, -0.05) is 0 Å². The van der Waals surface area contributed by atoms with E-state index in [9.17, 15) is 4.79 Å².